The summed E-state index contributed by atoms with van der Waals surface area (Å²) in [7, 11) is 1.70. The van der Waals surface area contributed by atoms with Gasteiger partial charge in [-0.2, -0.15) is 0 Å². The second-order valence-corrected chi connectivity index (χ2v) is 8.64. The van der Waals surface area contributed by atoms with Crippen LogP contribution < -0.4 is 5.32 Å². The Bertz CT molecular complexity index is 1170. The highest BCUT2D eigenvalue weighted by Crippen LogP contribution is 2.29. The Morgan fingerprint density at radius 2 is 2.12 bits per heavy atom. The van der Waals surface area contributed by atoms with E-state index in [0.29, 0.717) is 6.54 Å². The zero-order chi connectivity index (χ0) is 21.8. The maximum atomic E-state index is 5.48. The molecular formula is C24H27N5O2S. The molecule has 1 aliphatic heterocycles. The van der Waals surface area contributed by atoms with Gasteiger partial charge in [0.05, 0.1) is 26.0 Å². The number of methoxy groups -OCH3 is 1. The number of nitrogens with zero attached hydrogens (tertiary/aromatic N) is 4. The minimum absolute atomic E-state index is 0.690. The molecule has 0 amide bonds. The Hall–Kier alpha value is -2.94. The third kappa shape index (κ3) is 4.62. The van der Waals surface area contributed by atoms with Gasteiger partial charge in [0.15, 0.2) is 4.96 Å². The molecule has 3 aromatic rings. The van der Waals surface area contributed by atoms with Gasteiger partial charge >= 0.3 is 0 Å². The van der Waals surface area contributed by atoms with Gasteiger partial charge in [0, 0.05) is 55.2 Å². The van der Waals surface area contributed by atoms with Gasteiger partial charge in [-0.15, -0.1) is 11.3 Å². The average Bonchev–Trinajstić information content (AvgIpc) is 3.33. The van der Waals surface area contributed by atoms with Crippen LogP contribution in [0.5, 0.6) is 0 Å². The monoisotopic (exact) mass is 449 g/mol. The fourth-order valence-electron chi connectivity index (χ4n) is 3.93. The second kappa shape index (κ2) is 9.68. The number of hydrogen-bond acceptors (Lipinski definition) is 7. The van der Waals surface area contributed by atoms with Crippen LogP contribution in [0.2, 0.25) is 0 Å². The van der Waals surface area contributed by atoms with E-state index in [9.17, 15) is 0 Å². The quantitative estimate of drug-likeness (QED) is 0.586. The van der Waals surface area contributed by atoms with Crippen molar-refractivity contribution in [2.45, 2.75) is 13.0 Å². The molecule has 0 radical (unpaired) electrons. The zero-order valence-electron chi connectivity index (χ0n) is 18.2. The van der Waals surface area contributed by atoms with Crippen molar-refractivity contribution >= 4 is 22.1 Å². The van der Waals surface area contributed by atoms with Gasteiger partial charge in [-0.3, -0.25) is 9.30 Å². The molecule has 1 aliphatic carbocycles. The lowest BCUT2D eigenvalue weighted by atomic mass is 10.2. The van der Waals surface area contributed by atoms with E-state index in [0.717, 1.165) is 67.1 Å². The lowest BCUT2D eigenvalue weighted by molar-refractivity contribution is 0.0336. The van der Waals surface area contributed by atoms with Gasteiger partial charge in [-0.1, -0.05) is 12.2 Å². The first-order valence-electron chi connectivity index (χ1n) is 10.9. The number of anilines is 1. The first-order valence-corrected chi connectivity index (χ1v) is 11.7. The summed E-state index contributed by atoms with van der Waals surface area (Å²) in [5.41, 5.74) is 4.40. The van der Waals surface area contributed by atoms with Crippen LogP contribution in [-0.4, -0.2) is 59.2 Å². The van der Waals surface area contributed by atoms with E-state index in [-0.39, 0.29) is 0 Å². The van der Waals surface area contributed by atoms with E-state index in [1.807, 2.05) is 18.3 Å². The number of morpholine rings is 1. The number of allylic oxidation sites excluding steroid dienone is 3. The number of ether oxygens (including phenoxy) is 2. The first-order chi connectivity index (χ1) is 15.8. The van der Waals surface area contributed by atoms with Gasteiger partial charge < -0.3 is 14.8 Å². The highest BCUT2D eigenvalue weighted by molar-refractivity contribution is 7.15. The molecule has 32 heavy (non-hydrogen) atoms. The zero-order valence-corrected chi connectivity index (χ0v) is 19.0. The summed E-state index contributed by atoms with van der Waals surface area (Å²) in [6.07, 6.45) is 13.2. The van der Waals surface area contributed by atoms with Crippen molar-refractivity contribution < 1.29 is 9.47 Å². The molecule has 0 unspecified atom stereocenters. The molecular weight excluding hydrogens is 422 g/mol. The summed E-state index contributed by atoms with van der Waals surface area (Å²) < 4.78 is 13.0. The van der Waals surface area contributed by atoms with E-state index in [2.05, 4.69) is 55.5 Å². The Morgan fingerprint density at radius 3 is 3.00 bits per heavy atom. The van der Waals surface area contributed by atoms with Crippen molar-refractivity contribution in [1.82, 2.24) is 19.3 Å². The van der Waals surface area contributed by atoms with Gasteiger partial charge in [-0.05, 0) is 36.3 Å². The molecule has 0 saturated carbocycles. The summed E-state index contributed by atoms with van der Waals surface area (Å²) in [6.45, 7) is 5.16. The molecule has 0 bridgehead atoms. The molecule has 0 aromatic carbocycles. The molecule has 8 heteroatoms. The average molecular weight is 450 g/mol. The fraction of sp³-hybridized carbons (Fsp3) is 0.333. The molecule has 1 fully saturated rings. The number of aromatic nitrogens is 3. The van der Waals surface area contributed by atoms with Crippen LogP contribution >= 0.6 is 11.3 Å². The van der Waals surface area contributed by atoms with Crippen LogP contribution in [0, 0.1) is 0 Å². The summed E-state index contributed by atoms with van der Waals surface area (Å²) in [6, 6.07) is 4.04. The number of imidazole rings is 1. The highest BCUT2D eigenvalue weighted by Gasteiger charge is 2.16. The lowest BCUT2D eigenvalue weighted by Gasteiger charge is -2.26. The maximum absolute atomic E-state index is 5.48. The number of hydrogen-bond donors (Lipinski definition) is 1. The molecule has 1 saturated heterocycles. The Kier molecular flexibility index (Phi) is 6.34. The SMILES string of the molecule is COC1=CCC=C(CNc2ncccc2-c2cn3c(CN4CCOCC4)csc3n2)C=C1. The smallest absolute Gasteiger partial charge is 0.194 e. The van der Waals surface area contributed by atoms with Crippen LogP contribution in [0.4, 0.5) is 5.82 Å². The van der Waals surface area contributed by atoms with Gasteiger partial charge in [0.2, 0.25) is 0 Å². The molecule has 7 nitrogen and oxygen atoms in total. The van der Waals surface area contributed by atoms with E-state index in [1.165, 1.54) is 11.3 Å². The van der Waals surface area contributed by atoms with Crippen molar-refractivity contribution in [2.75, 3.05) is 45.3 Å². The van der Waals surface area contributed by atoms with Crippen LogP contribution in [0.25, 0.3) is 16.2 Å². The van der Waals surface area contributed by atoms with Crippen LogP contribution in [0.3, 0.4) is 0 Å². The van der Waals surface area contributed by atoms with Crippen molar-refractivity contribution in [1.29, 1.82) is 0 Å². The standard InChI is InChI=1S/C24H27N5O2S/c1-30-20-5-2-4-18(7-8-20)14-26-23-21(6-3-9-25-23)22-16-29-19(17-32-24(29)27-22)15-28-10-12-31-13-11-28/h3-9,16-17H,2,10-15H2,1H3,(H,25,26). The molecule has 4 heterocycles. The van der Waals surface area contributed by atoms with Crippen LogP contribution in [-0.2, 0) is 16.0 Å². The molecule has 3 aromatic heterocycles. The third-order valence-electron chi connectivity index (χ3n) is 5.71. The van der Waals surface area contributed by atoms with E-state index >= 15 is 0 Å². The van der Waals surface area contributed by atoms with Crippen molar-refractivity contribution in [3.8, 4) is 11.3 Å². The molecule has 0 atom stereocenters. The topological polar surface area (TPSA) is 63.9 Å². The summed E-state index contributed by atoms with van der Waals surface area (Å²) >= 11 is 1.68. The minimum atomic E-state index is 0.690. The molecule has 166 valence electrons. The Labute approximate surface area is 191 Å². The Balaban J connectivity index is 1.34. The fourth-order valence-corrected chi connectivity index (χ4v) is 4.80. The predicted molar refractivity (Wildman–Crippen MR) is 128 cm³/mol. The minimum Gasteiger partial charge on any atom is -0.497 e. The number of pyridine rings is 1. The van der Waals surface area contributed by atoms with Crippen molar-refractivity contribution in [3.63, 3.8) is 0 Å². The second-order valence-electron chi connectivity index (χ2n) is 7.81. The van der Waals surface area contributed by atoms with Gasteiger partial charge in [0.25, 0.3) is 0 Å². The van der Waals surface area contributed by atoms with E-state index in [1.54, 1.807) is 18.4 Å². The third-order valence-corrected chi connectivity index (χ3v) is 6.60. The van der Waals surface area contributed by atoms with E-state index < -0.39 is 0 Å². The normalized spacial score (nSPS) is 17.2. The molecule has 2 aliphatic rings. The molecule has 0 spiro atoms. The van der Waals surface area contributed by atoms with Gasteiger partial charge in [0.1, 0.15) is 11.6 Å². The first kappa shape index (κ1) is 20.9. The van der Waals surface area contributed by atoms with E-state index in [4.69, 9.17) is 14.5 Å². The molecule has 1 N–H and O–H groups in total. The van der Waals surface area contributed by atoms with Gasteiger partial charge in [-0.25, -0.2) is 9.97 Å². The lowest BCUT2D eigenvalue weighted by Crippen LogP contribution is -2.35. The maximum Gasteiger partial charge on any atom is 0.194 e. The number of nitrogens with one attached hydrogen (secondary N) is 1. The molecule has 5 rings (SSSR count). The Morgan fingerprint density at radius 1 is 1.22 bits per heavy atom. The number of rotatable bonds is 7. The largest absolute Gasteiger partial charge is 0.497 e. The van der Waals surface area contributed by atoms with Crippen LogP contribution in [0.15, 0.2) is 65.5 Å². The summed E-state index contributed by atoms with van der Waals surface area (Å²) in [5.74, 6) is 1.73. The number of thiazole rings is 1. The number of fused-ring (bicyclic) bond motifs is 1. The summed E-state index contributed by atoms with van der Waals surface area (Å²) in [5, 5.41) is 5.70. The summed E-state index contributed by atoms with van der Waals surface area (Å²) in [4.78, 5) is 12.9. The highest BCUT2D eigenvalue weighted by atomic mass is 32.1. The van der Waals surface area contributed by atoms with Crippen molar-refractivity contribution in [2.24, 2.45) is 0 Å². The van der Waals surface area contributed by atoms with Crippen LogP contribution in [0.1, 0.15) is 12.1 Å². The predicted octanol–water partition coefficient (Wildman–Crippen LogP) is 4.12. The van der Waals surface area contributed by atoms with Crippen molar-refractivity contribution in [3.05, 3.63) is 71.2 Å².